The maximum Gasteiger partial charge on any atom is 0.278 e. The van der Waals surface area contributed by atoms with Crippen molar-refractivity contribution < 1.29 is 13.2 Å². The van der Waals surface area contributed by atoms with Crippen LogP contribution in [0.4, 0.5) is 5.69 Å². The van der Waals surface area contributed by atoms with E-state index in [0.717, 1.165) is 5.56 Å². The standard InChI is InChI=1S/C26H23N3O3S/c1-28(23-14-6-3-7-15-23)33(31,32)24-16-10-13-22(19-24)26(30)27-25-17-8-9-18-29(25)20-21-11-4-2-5-12-21/h2-19H,20H2,1H3. The summed E-state index contributed by atoms with van der Waals surface area (Å²) in [6, 6.07) is 30.0. The number of aromatic nitrogens is 1. The predicted molar refractivity (Wildman–Crippen MR) is 128 cm³/mol. The molecular formula is C26H23N3O3S. The van der Waals surface area contributed by atoms with Crippen molar-refractivity contribution in [3.8, 4) is 0 Å². The zero-order valence-corrected chi connectivity index (χ0v) is 18.9. The van der Waals surface area contributed by atoms with Gasteiger partial charge in [0.05, 0.1) is 10.6 Å². The monoisotopic (exact) mass is 457 g/mol. The van der Waals surface area contributed by atoms with E-state index >= 15 is 0 Å². The quantitative estimate of drug-likeness (QED) is 0.438. The number of nitrogens with zero attached hydrogens (tertiary/aromatic N) is 3. The van der Waals surface area contributed by atoms with E-state index in [2.05, 4.69) is 4.99 Å². The number of para-hydroxylation sites is 1. The average Bonchev–Trinajstić information content (AvgIpc) is 2.86. The van der Waals surface area contributed by atoms with Crippen molar-refractivity contribution in [3.63, 3.8) is 0 Å². The van der Waals surface area contributed by atoms with Crippen LogP contribution >= 0.6 is 0 Å². The van der Waals surface area contributed by atoms with Gasteiger partial charge in [-0.05, 0) is 48.0 Å². The lowest BCUT2D eigenvalue weighted by atomic mass is 10.2. The number of hydrogen-bond donors (Lipinski definition) is 0. The minimum absolute atomic E-state index is 0.0279. The molecule has 3 aromatic carbocycles. The normalized spacial score (nSPS) is 11.8. The SMILES string of the molecule is CN(c1ccccc1)S(=O)(=O)c1cccc(C(=O)N=c2ccccn2Cc2ccccc2)c1. The molecular weight excluding hydrogens is 434 g/mol. The first-order valence-electron chi connectivity index (χ1n) is 10.4. The first-order chi connectivity index (χ1) is 15.9. The van der Waals surface area contributed by atoms with Crippen LogP contribution in [0.1, 0.15) is 15.9 Å². The summed E-state index contributed by atoms with van der Waals surface area (Å²) in [5, 5.41) is 0. The Morgan fingerprint density at radius 3 is 2.24 bits per heavy atom. The fourth-order valence-electron chi connectivity index (χ4n) is 3.38. The van der Waals surface area contributed by atoms with Gasteiger partial charge in [-0.15, -0.1) is 0 Å². The Hall–Kier alpha value is -3.97. The smallest absolute Gasteiger partial charge is 0.278 e. The molecule has 6 nitrogen and oxygen atoms in total. The molecule has 1 heterocycles. The van der Waals surface area contributed by atoms with Crippen LogP contribution in [0.15, 0.2) is 119 Å². The van der Waals surface area contributed by atoms with E-state index in [9.17, 15) is 13.2 Å². The highest BCUT2D eigenvalue weighted by Crippen LogP contribution is 2.22. The zero-order chi connectivity index (χ0) is 23.3. The summed E-state index contributed by atoms with van der Waals surface area (Å²) in [6.45, 7) is 0.560. The zero-order valence-electron chi connectivity index (χ0n) is 18.1. The average molecular weight is 458 g/mol. The fourth-order valence-corrected chi connectivity index (χ4v) is 4.62. The minimum atomic E-state index is -3.84. The third-order valence-corrected chi connectivity index (χ3v) is 6.97. The van der Waals surface area contributed by atoms with Gasteiger partial charge in [0.1, 0.15) is 5.49 Å². The summed E-state index contributed by atoms with van der Waals surface area (Å²) in [7, 11) is -2.35. The van der Waals surface area contributed by atoms with E-state index < -0.39 is 15.9 Å². The number of sulfonamides is 1. The summed E-state index contributed by atoms with van der Waals surface area (Å²) < 4.78 is 29.3. The molecule has 33 heavy (non-hydrogen) atoms. The lowest BCUT2D eigenvalue weighted by Crippen LogP contribution is -2.26. The number of carbonyl (C=O) groups excluding carboxylic acids is 1. The summed E-state index contributed by atoms with van der Waals surface area (Å²) in [6.07, 6.45) is 1.86. The van der Waals surface area contributed by atoms with Crippen LogP contribution < -0.4 is 9.79 Å². The highest BCUT2D eigenvalue weighted by Gasteiger charge is 2.22. The molecule has 4 aromatic rings. The van der Waals surface area contributed by atoms with Crippen LogP contribution in [0, 0.1) is 0 Å². The Balaban J connectivity index is 1.65. The maximum atomic E-state index is 13.1. The summed E-state index contributed by atoms with van der Waals surface area (Å²) in [5.74, 6) is -0.512. The molecule has 1 aromatic heterocycles. The molecule has 0 aliphatic heterocycles. The van der Waals surface area contributed by atoms with Gasteiger partial charge in [-0.3, -0.25) is 9.10 Å². The van der Waals surface area contributed by atoms with E-state index in [0.29, 0.717) is 17.7 Å². The van der Waals surface area contributed by atoms with Gasteiger partial charge >= 0.3 is 0 Å². The third-order valence-electron chi connectivity index (χ3n) is 5.19. The number of hydrogen-bond acceptors (Lipinski definition) is 3. The second-order valence-electron chi connectivity index (χ2n) is 7.43. The summed E-state index contributed by atoms with van der Waals surface area (Å²) in [4.78, 5) is 17.2. The lowest BCUT2D eigenvalue weighted by Gasteiger charge is -2.19. The van der Waals surface area contributed by atoms with Crippen LogP contribution in [0.5, 0.6) is 0 Å². The molecule has 0 saturated heterocycles. The Bertz CT molecular complexity index is 1430. The second kappa shape index (κ2) is 9.67. The van der Waals surface area contributed by atoms with E-state index in [1.54, 1.807) is 42.5 Å². The minimum Gasteiger partial charge on any atom is -0.328 e. The molecule has 0 bridgehead atoms. The van der Waals surface area contributed by atoms with Crippen molar-refractivity contribution in [1.82, 2.24) is 4.57 Å². The molecule has 0 unspecified atom stereocenters. The molecule has 0 saturated carbocycles. The van der Waals surface area contributed by atoms with Crippen LogP contribution in [-0.4, -0.2) is 25.9 Å². The first kappa shape index (κ1) is 22.2. The van der Waals surface area contributed by atoms with Gasteiger partial charge in [0.25, 0.3) is 15.9 Å². The molecule has 4 rings (SSSR count). The molecule has 0 aliphatic rings. The van der Waals surface area contributed by atoms with Crippen LogP contribution in [0.25, 0.3) is 0 Å². The van der Waals surface area contributed by atoms with Crippen molar-refractivity contribution in [3.05, 3.63) is 126 Å². The largest absolute Gasteiger partial charge is 0.328 e. The molecule has 1 amide bonds. The molecule has 0 atom stereocenters. The van der Waals surface area contributed by atoms with Crippen LogP contribution in [0.2, 0.25) is 0 Å². The van der Waals surface area contributed by atoms with Crippen molar-refractivity contribution in [1.29, 1.82) is 0 Å². The van der Waals surface area contributed by atoms with Crippen molar-refractivity contribution >= 4 is 21.6 Å². The van der Waals surface area contributed by atoms with E-state index in [-0.39, 0.29) is 10.5 Å². The van der Waals surface area contributed by atoms with Crippen LogP contribution in [0.3, 0.4) is 0 Å². The Kier molecular flexibility index (Phi) is 6.51. The second-order valence-corrected chi connectivity index (χ2v) is 9.39. The molecule has 0 fully saturated rings. The third kappa shape index (κ3) is 5.10. The van der Waals surface area contributed by atoms with Gasteiger partial charge in [-0.2, -0.15) is 4.99 Å². The maximum absolute atomic E-state index is 13.1. The van der Waals surface area contributed by atoms with Crippen molar-refractivity contribution in [2.45, 2.75) is 11.4 Å². The number of anilines is 1. The number of carbonyl (C=O) groups is 1. The number of benzene rings is 3. The Labute approximate surface area is 193 Å². The number of rotatable bonds is 6. The first-order valence-corrected chi connectivity index (χ1v) is 11.8. The predicted octanol–water partition coefficient (Wildman–Crippen LogP) is 4.10. The van der Waals surface area contributed by atoms with Crippen LogP contribution in [-0.2, 0) is 16.6 Å². The van der Waals surface area contributed by atoms with E-state index in [1.807, 2.05) is 59.3 Å². The highest BCUT2D eigenvalue weighted by atomic mass is 32.2. The summed E-state index contributed by atoms with van der Waals surface area (Å²) in [5.41, 5.74) is 2.30. The number of amides is 1. The van der Waals surface area contributed by atoms with Gasteiger partial charge in [0.2, 0.25) is 0 Å². The Morgan fingerprint density at radius 2 is 1.52 bits per heavy atom. The van der Waals surface area contributed by atoms with Gasteiger partial charge in [0.15, 0.2) is 0 Å². The molecule has 7 heteroatoms. The molecule has 166 valence electrons. The Morgan fingerprint density at radius 1 is 0.848 bits per heavy atom. The number of pyridine rings is 1. The lowest BCUT2D eigenvalue weighted by molar-refractivity contribution is 0.0997. The topological polar surface area (TPSA) is 71.7 Å². The summed E-state index contributed by atoms with van der Waals surface area (Å²) >= 11 is 0. The highest BCUT2D eigenvalue weighted by molar-refractivity contribution is 7.92. The van der Waals surface area contributed by atoms with Gasteiger partial charge in [-0.1, -0.05) is 60.7 Å². The van der Waals surface area contributed by atoms with E-state index in [4.69, 9.17) is 0 Å². The van der Waals surface area contributed by atoms with Gasteiger partial charge in [-0.25, -0.2) is 8.42 Å². The molecule has 0 aliphatic carbocycles. The van der Waals surface area contributed by atoms with Crippen molar-refractivity contribution in [2.24, 2.45) is 4.99 Å². The fraction of sp³-hybridized carbons (Fsp3) is 0.0769. The van der Waals surface area contributed by atoms with E-state index in [1.165, 1.54) is 23.5 Å². The molecule has 0 radical (unpaired) electrons. The van der Waals surface area contributed by atoms with Gasteiger partial charge in [0, 0.05) is 25.4 Å². The molecule has 0 spiro atoms. The molecule has 0 N–H and O–H groups in total. The van der Waals surface area contributed by atoms with Gasteiger partial charge < -0.3 is 4.57 Å². The van der Waals surface area contributed by atoms with Crippen molar-refractivity contribution in [2.75, 3.05) is 11.4 Å².